The van der Waals surface area contributed by atoms with E-state index in [1.807, 2.05) is 18.2 Å². The first kappa shape index (κ1) is 13.9. The highest BCUT2D eigenvalue weighted by Crippen LogP contribution is 2.28. The van der Waals surface area contributed by atoms with Crippen molar-refractivity contribution in [2.24, 2.45) is 0 Å². The molecule has 0 spiro atoms. The standard InChI is InChI=1S/C15H16BrNO2/c1-10(18)17-6-5-12-8-13(16)7-11-3-4-14(19-2)9-15(11)12/h3-4,7-9H,5-6H2,1-2H3,(H,17,18). The lowest BCUT2D eigenvalue weighted by Crippen LogP contribution is -2.22. The Balaban J connectivity index is 2.36. The third-order valence-electron chi connectivity index (χ3n) is 2.98. The second kappa shape index (κ2) is 6.06. The topological polar surface area (TPSA) is 38.3 Å². The van der Waals surface area contributed by atoms with Gasteiger partial charge in [0.1, 0.15) is 5.75 Å². The Hall–Kier alpha value is -1.55. The number of ether oxygens (including phenoxy) is 1. The van der Waals surface area contributed by atoms with E-state index in [9.17, 15) is 4.79 Å². The van der Waals surface area contributed by atoms with Gasteiger partial charge >= 0.3 is 0 Å². The van der Waals surface area contributed by atoms with Crippen molar-refractivity contribution < 1.29 is 9.53 Å². The summed E-state index contributed by atoms with van der Waals surface area (Å²) in [5.74, 6) is 0.840. The SMILES string of the molecule is COc1ccc2cc(Br)cc(CCNC(C)=O)c2c1. The number of halogens is 1. The van der Waals surface area contributed by atoms with Gasteiger partial charge in [0, 0.05) is 17.9 Å². The van der Waals surface area contributed by atoms with Gasteiger partial charge < -0.3 is 10.1 Å². The van der Waals surface area contributed by atoms with Gasteiger partial charge in [0.2, 0.25) is 5.91 Å². The molecule has 0 heterocycles. The van der Waals surface area contributed by atoms with E-state index < -0.39 is 0 Å². The van der Waals surface area contributed by atoms with Crippen LogP contribution in [0.15, 0.2) is 34.8 Å². The Labute approximate surface area is 121 Å². The van der Waals surface area contributed by atoms with Gasteiger partial charge in [-0.2, -0.15) is 0 Å². The molecular weight excluding hydrogens is 306 g/mol. The van der Waals surface area contributed by atoms with E-state index in [2.05, 4.69) is 33.4 Å². The normalized spacial score (nSPS) is 10.5. The van der Waals surface area contributed by atoms with Crippen LogP contribution in [-0.2, 0) is 11.2 Å². The zero-order valence-electron chi connectivity index (χ0n) is 11.0. The molecule has 0 fully saturated rings. The number of fused-ring (bicyclic) bond motifs is 1. The number of hydrogen-bond donors (Lipinski definition) is 1. The summed E-state index contributed by atoms with van der Waals surface area (Å²) < 4.78 is 6.31. The second-order valence-electron chi connectivity index (χ2n) is 4.38. The predicted molar refractivity (Wildman–Crippen MR) is 80.6 cm³/mol. The highest BCUT2D eigenvalue weighted by Gasteiger charge is 2.05. The van der Waals surface area contributed by atoms with Crippen LogP contribution < -0.4 is 10.1 Å². The molecule has 0 aliphatic carbocycles. The molecule has 0 radical (unpaired) electrons. The maximum absolute atomic E-state index is 10.9. The van der Waals surface area contributed by atoms with E-state index in [0.717, 1.165) is 27.4 Å². The lowest BCUT2D eigenvalue weighted by Gasteiger charge is -2.10. The van der Waals surface area contributed by atoms with E-state index in [1.165, 1.54) is 12.5 Å². The number of nitrogens with one attached hydrogen (secondary N) is 1. The molecule has 3 nitrogen and oxygen atoms in total. The predicted octanol–water partition coefficient (Wildman–Crippen LogP) is 3.29. The van der Waals surface area contributed by atoms with Crippen molar-refractivity contribution in [3.05, 3.63) is 40.4 Å². The largest absolute Gasteiger partial charge is 0.497 e. The highest BCUT2D eigenvalue weighted by atomic mass is 79.9. The Kier molecular flexibility index (Phi) is 4.43. The summed E-state index contributed by atoms with van der Waals surface area (Å²) in [5.41, 5.74) is 1.19. The maximum Gasteiger partial charge on any atom is 0.216 e. The number of rotatable bonds is 4. The van der Waals surface area contributed by atoms with Gasteiger partial charge in [-0.25, -0.2) is 0 Å². The van der Waals surface area contributed by atoms with Crippen LogP contribution in [0.5, 0.6) is 5.75 Å². The fourth-order valence-electron chi connectivity index (χ4n) is 2.08. The molecule has 100 valence electrons. The first-order valence-corrected chi connectivity index (χ1v) is 6.90. The molecule has 0 atom stereocenters. The molecule has 2 aromatic carbocycles. The van der Waals surface area contributed by atoms with Gasteiger partial charge in [0.25, 0.3) is 0 Å². The Morgan fingerprint density at radius 1 is 1.32 bits per heavy atom. The minimum atomic E-state index is -0.00289. The summed E-state index contributed by atoms with van der Waals surface area (Å²) in [7, 11) is 1.66. The lowest BCUT2D eigenvalue weighted by molar-refractivity contribution is -0.118. The van der Waals surface area contributed by atoms with Gasteiger partial charge in [-0.05, 0) is 47.0 Å². The van der Waals surface area contributed by atoms with Crippen LogP contribution in [-0.4, -0.2) is 19.6 Å². The Bertz CT molecular complexity index is 610. The molecule has 1 N–H and O–H groups in total. The number of carbonyl (C=O) groups is 1. The third kappa shape index (κ3) is 3.47. The van der Waals surface area contributed by atoms with E-state index in [1.54, 1.807) is 7.11 Å². The van der Waals surface area contributed by atoms with Crippen LogP contribution in [0.2, 0.25) is 0 Å². The minimum absolute atomic E-state index is 0.00289. The van der Waals surface area contributed by atoms with E-state index in [-0.39, 0.29) is 5.91 Å². The van der Waals surface area contributed by atoms with Crippen LogP contribution in [0.3, 0.4) is 0 Å². The Morgan fingerprint density at radius 3 is 2.79 bits per heavy atom. The third-order valence-corrected chi connectivity index (χ3v) is 3.44. The van der Waals surface area contributed by atoms with Crippen LogP contribution in [0.1, 0.15) is 12.5 Å². The molecule has 2 rings (SSSR count). The molecule has 0 aliphatic rings. The summed E-state index contributed by atoms with van der Waals surface area (Å²) >= 11 is 3.52. The van der Waals surface area contributed by atoms with Crippen molar-refractivity contribution >= 4 is 32.6 Å². The summed E-state index contributed by atoms with van der Waals surface area (Å²) in [6.45, 7) is 2.17. The number of carbonyl (C=O) groups excluding carboxylic acids is 1. The zero-order chi connectivity index (χ0) is 13.8. The molecule has 4 heteroatoms. The fraction of sp³-hybridized carbons (Fsp3) is 0.267. The van der Waals surface area contributed by atoms with Crippen molar-refractivity contribution in [1.29, 1.82) is 0 Å². The summed E-state index contributed by atoms with van der Waals surface area (Å²) in [4.78, 5) is 10.9. The monoisotopic (exact) mass is 321 g/mol. The summed E-state index contributed by atoms with van der Waals surface area (Å²) in [6, 6.07) is 10.2. The van der Waals surface area contributed by atoms with Gasteiger partial charge in [0.05, 0.1) is 7.11 Å². The van der Waals surface area contributed by atoms with Crippen molar-refractivity contribution in [3.8, 4) is 5.75 Å². The minimum Gasteiger partial charge on any atom is -0.497 e. The van der Waals surface area contributed by atoms with E-state index >= 15 is 0 Å². The van der Waals surface area contributed by atoms with E-state index in [0.29, 0.717) is 6.54 Å². The van der Waals surface area contributed by atoms with Crippen LogP contribution in [0.25, 0.3) is 10.8 Å². The molecule has 1 amide bonds. The van der Waals surface area contributed by atoms with Gasteiger partial charge in [-0.15, -0.1) is 0 Å². The smallest absolute Gasteiger partial charge is 0.216 e. The summed E-state index contributed by atoms with van der Waals surface area (Å²) in [6.07, 6.45) is 0.794. The lowest BCUT2D eigenvalue weighted by atomic mass is 10.0. The molecular formula is C15H16BrNO2. The van der Waals surface area contributed by atoms with Crippen LogP contribution >= 0.6 is 15.9 Å². The molecule has 0 saturated heterocycles. The Morgan fingerprint density at radius 2 is 2.11 bits per heavy atom. The van der Waals surface area contributed by atoms with Crippen molar-refractivity contribution in [2.75, 3.05) is 13.7 Å². The number of methoxy groups -OCH3 is 1. The number of hydrogen-bond acceptors (Lipinski definition) is 2. The molecule has 19 heavy (non-hydrogen) atoms. The molecule has 0 saturated carbocycles. The van der Waals surface area contributed by atoms with Crippen molar-refractivity contribution in [1.82, 2.24) is 5.32 Å². The van der Waals surface area contributed by atoms with Crippen molar-refractivity contribution in [2.45, 2.75) is 13.3 Å². The number of benzene rings is 2. The summed E-state index contributed by atoms with van der Waals surface area (Å²) in [5, 5.41) is 5.14. The van der Waals surface area contributed by atoms with Crippen LogP contribution in [0, 0.1) is 0 Å². The van der Waals surface area contributed by atoms with Crippen molar-refractivity contribution in [3.63, 3.8) is 0 Å². The highest BCUT2D eigenvalue weighted by molar-refractivity contribution is 9.10. The average Bonchev–Trinajstić information content (AvgIpc) is 2.37. The van der Waals surface area contributed by atoms with Gasteiger partial charge in [-0.1, -0.05) is 22.0 Å². The molecule has 0 bridgehead atoms. The molecule has 0 unspecified atom stereocenters. The number of amides is 1. The van der Waals surface area contributed by atoms with Gasteiger partial charge in [-0.3, -0.25) is 4.79 Å². The molecule has 0 aromatic heterocycles. The molecule has 0 aliphatic heterocycles. The maximum atomic E-state index is 10.9. The molecule has 2 aromatic rings. The fourth-order valence-corrected chi connectivity index (χ4v) is 2.60. The zero-order valence-corrected chi connectivity index (χ0v) is 12.6. The first-order chi connectivity index (χ1) is 9.10. The van der Waals surface area contributed by atoms with Gasteiger partial charge in [0.15, 0.2) is 0 Å². The second-order valence-corrected chi connectivity index (χ2v) is 5.30. The average molecular weight is 322 g/mol. The first-order valence-electron chi connectivity index (χ1n) is 6.11. The van der Waals surface area contributed by atoms with E-state index in [4.69, 9.17) is 4.74 Å². The quantitative estimate of drug-likeness (QED) is 0.938. The van der Waals surface area contributed by atoms with Crippen LogP contribution in [0.4, 0.5) is 0 Å².